The zero-order chi connectivity index (χ0) is 19.0. The van der Waals surface area contributed by atoms with Crippen LogP contribution in [-0.4, -0.2) is 38.4 Å². The van der Waals surface area contributed by atoms with Gasteiger partial charge in [-0.1, -0.05) is 18.2 Å². The molecule has 140 valence electrons. The smallest absolute Gasteiger partial charge is 0.178 e. The fourth-order valence-electron chi connectivity index (χ4n) is 3.40. The van der Waals surface area contributed by atoms with Crippen LogP contribution in [0.5, 0.6) is 11.5 Å². The van der Waals surface area contributed by atoms with E-state index in [9.17, 15) is 8.42 Å². The highest BCUT2D eigenvalue weighted by atomic mass is 32.2. The molecule has 1 aromatic heterocycles. The van der Waals surface area contributed by atoms with Crippen LogP contribution in [0.1, 0.15) is 18.0 Å². The second-order valence-electron chi connectivity index (χ2n) is 6.29. The van der Waals surface area contributed by atoms with Gasteiger partial charge in [-0.2, -0.15) is 0 Å². The molecule has 0 radical (unpaired) electrons. The summed E-state index contributed by atoms with van der Waals surface area (Å²) in [4.78, 5) is 9.06. The maximum atomic E-state index is 12.4. The van der Waals surface area contributed by atoms with Crippen molar-refractivity contribution in [3.8, 4) is 11.5 Å². The van der Waals surface area contributed by atoms with Crippen molar-refractivity contribution in [2.75, 3.05) is 25.3 Å². The van der Waals surface area contributed by atoms with Gasteiger partial charge in [0.25, 0.3) is 0 Å². The molecular formula is C19H19N3O4S. The van der Waals surface area contributed by atoms with Gasteiger partial charge >= 0.3 is 0 Å². The topological polar surface area (TPSA) is 90.4 Å². The molecule has 0 saturated carbocycles. The summed E-state index contributed by atoms with van der Waals surface area (Å²) in [5, 5.41) is 4.17. The SMILES string of the molecule is COc1cc2ncnc(NC3CCS(=O)(=O)c4ccccc43)c2cc1OC. The Labute approximate surface area is 157 Å². The van der Waals surface area contributed by atoms with E-state index in [1.807, 2.05) is 18.2 Å². The van der Waals surface area contributed by atoms with Gasteiger partial charge in [-0.05, 0) is 24.1 Å². The Hall–Kier alpha value is -2.87. The minimum atomic E-state index is -3.24. The third-order valence-corrected chi connectivity index (χ3v) is 6.57. The Balaban J connectivity index is 1.78. The van der Waals surface area contributed by atoms with Gasteiger partial charge in [-0.15, -0.1) is 0 Å². The van der Waals surface area contributed by atoms with E-state index in [4.69, 9.17) is 9.47 Å². The first-order chi connectivity index (χ1) is 13.0. The summed E-state index contributed by atoms with van der Waals surface area (Å²) in [6, 6.07) is 10.6. The van der Waals surface area contributed by atoms with Crippen LogP contribution < -0.4 is 14.8 Å². The highest BCUT2D eigenvalue weighted by Gasteiger charge is 2.30. The van der Waals surface area contributed by atoms with E-state index in [0.717, 1.165) is 10.9 Å². The summed E-state index contributed by atoms with van der Waals surface area (Å²) >= 11 is 0. The predicted octanol–water partition coefficient (Wildman–Crippen LogP) is 2.98. The number of anilines is 1. The van der Waals surface area contributed by atoms with E-state index in [-0.39, 0.29) is 11.8 Å². The molecular weight excluding hydrogens is 366 g/mol. The number of nitrogens with one attached hydrogen (secondary N) is 1. The van der Waals surface area contributed by atoms with Crippen molar-refractivity contribution in [2.45, 2.75) is 17.4 Å². The number of ether oxygens (including phenoxy) is 2. The zero-order valence-electron chi connectivity index (χ0n) is 15.0. The molecule has 0 fully saturated rings. The van der Waals surface area contributed by atoms with E-state index < -0.39 is 9.84 Å². The fraction of sp³-hybridized carbons (Fsp3) is 0.263. The van der Waals surface area contributed by atoms with Crippen LogP contribution in [0.3, 0.4) is 0 Å². The number of fused-ring (bicyclic) bond motifs is 2. The molecule has 0 spiro atoms. The average Bonchev–Trinajstić information content (AvgIpc) is 2.69. The van der Waals surface area contributed by atoms with Crippen molar-refractivity contribution < 1.29 is 17.9 Å². The maximum Gasteiger partial charge on any atom is 0.178 e. The second-order valence-corrected chi connectivity index (χ2v) is 8.37. The number of methoxy groups -OCH3 is 2. The number of nitrogens with zero attached hydrogens (tertiary/aromatic N) is 2. The lowest BCUT2D eigenvalue weighted by Gasteiger charge is -2.27. The van der Waals surface area contributed by atoms with Crippen molar-refractivity contribution in [1.29, 1.82) is 0 Å². The average molecular weight is 385 g/mol. The number of rotatable bonds is 4. The van der Waals surface area contributed by atoms with Crippen LogP contribution in [0, 0.1) is 0 Å². The largest absolute Gasteiger partial charge is 0.493 e. The second kappa shape index (κ2) is 6.70. The normalized spacial score (nSPS) is 17.9. The van der Waals surface area contributed by atoms with Gasteiger partial charge in [-0.3, -0.25) is 0 Å². The summed E-state index contributed by atoms with van der Waals surface area (Å²) in [7, 11) is -0.0936. The fourth-order valence-corrected chi connectivity index (χ4v) is 5.02. The third kappa shape index (κ3) is 3.06. The van der Waals surface area contributed by atoms with E-state index in [2.05, 4.69) is 15.3 Å². The number of aromatic nitrogens is 2. The first kappa shape index (κ1) is 17.5. The zero-order valence-corrected chi connectivity index (χ0v) is 15.8. The number of sulfone groups is 1. The first-order valence-electron chi connectivity index (χ1n) is 8.48. The molecule has 2 heterocycles. The summed E-state index contributed by atoms with van der Waals surface area (Å²) in [5.74, 6) is 1.89. The number of hydrogen-bond acceptors (Lipinski definition) is 7. The van der Waals surface area contributed by atoms with Crippen LogP contribution >= 0.6 is 0 Å². The molecule has 0 aliphatic carbocycles. The molecule has 0 bridgehead atoms. The van der Waals surface area contributed by atoms with E-state index >= 15 is 0 Å². The molecule has 4 rings (SSSR count). The van der Waals surface area contributed by atoms with Gasteiger partial charge in [0.15, 0.2) is 21.3 Å². The Morgan fingerprint density at radius 3 is 2.59 bits per heavy atom. The van der Waals surface area contributed by atoms with E-state index in [1.54, 1.807) is 32.4 Å². The Morgan fingerprint density at radius 1 is 1.07 bits per heavy atom. The molecule has 27 heavy (non-hydrogen) atoms. The van der Waals surface area contributed by atoms with Crippen LogP contribution in [0.4, 0.5) is 5.82 Å². The molecule has 1 unspecified atom stereocenters. The van der Waals surface area contributed by atoms with Gasteiger partial charge < -0.3 is 14.8 Å². The molecule has 1 aliphatic heterocycles. The minimum Gasteiger partial charge on any atom is -0.493 e. The van der Waals surface area contributed by atoms with Crippen LogP contribution in [0.2, 0.25) is 0 Å². The van der Waals surface area contributed by atoms with Gasteiger partial charge in [0.05, 0.1) is 36.4 Å². The number of hydrogen-bond donors (Lipinski definition) is 1. The summed E-state index contributed by atoms with van der Waals surface area (Å²) in [5.41, 5.74) is 1.47. The lowest BCUT2D eigenvalue weighted by Crippen LogP contribution is -2.25. The molecule has 2 aromatic carbocycles. The van der Waals surface area contributed by atoms with Crippen LogP contribution in [0.25, 0.3) is 10.9 Å². The van der Waals surface area contributed by atoms with Gasteiger partial charge in [0.2, 0.25) is 0 Å². The van der Waals surface area contributed by atoms with Gasteiger partial charge in [-0.25, -0.2) is 18.4 Å². The molecule has 0 amide bonds. The Kier molecular flexibility index (Phi) is 4.35. The Morgan fingerprint density at radius 2 is 1.81 bits per heavy atom. The van der Waals surface area contributed by atoms with E-state index in [0.29, 0.717) is 34.1 Å². The van der Waals surface area contributed by atoms with Crippen molar-refractivity contribution >= 4 is 26.6 Å². The van der Waals surface area contributed by atoms with Crippen molar-refractivity contribution in [1.82, 2.24) is 9.97 Å². The Bertz CT molecular complexity index is 1120. The van der Waals surface area contributed by atoms with Crippen molar-refractivity contribution in [3.63, 3.8) is 0 Å². The molecule has 1 aliphatic rings. The molecule has 7 nitrogen and oxygen atoms in total. The van der Waals surface area contributed by atoms with Crippen LogP contribution in [0.15, 0.2) is 47.6 Å². The van der Waals surface area contributed by atoms with Crippen molar-refractivity contribution in [3.05, 3.63) is 48.3 Å². The minimum absolute atomic E-state index is 0.0990. The summed E-state index contributed by atoms with van der Waals surface area (Å²) < 4.78 is 35.4. The van der Waals surface area contributed by atoms with Crippen molar-refractivity contribution in [2.24, 2.45) is 0 Å². The van der Waals surface area contributed by atoms with E-state index in [1.165, 1.54) is 6.33 Å². The molecule has 0 saturated heterocycles. The van der Waals surface area contributed by atoms with Crippen LogP contribution in [-0.2, 0) is 9.84 Å². The molecule has 1 atom stereocenters. The lowest BCUT2D eigenvalue weighted by atomic mass is 10.0. The lowest BCUT2D eigenvalue weighted by molar-refractivity contribution is 0.356. The molecule has 8 heteroatoms. The van der Waals surface area contributed by atoms with Gasteiger partial charge in [0.1, 0.15) is 12.1 Å². The number of benzene rings is 2. The monoisotopic (exact) mass is 385 g/mol. The summed E-state index contributed by atoms with van der Waals surface area (Å²) in [6.45, 7) is 0. The highest BCUT2D eigenvalue weighted by molar-refractivity contribution is 7.91. The maximum absolute atomic E-state index is 12.4. The highest BCUT2D eigenvalue weighted by Crippen LogP contribution is 2.37. The first-order valence-corrected chi connectivity index (χ1v) is 10.1. The predicted molar refractivity (Wildman–Crippen MR) is 102 cm³/mol. The molecule has 3 aromatic rings. The quantitative estimate of drug-likeness (QED) is 0.738. The van der Waals surface area contributed by atoms with Gasteiger partial charge in [0, 0.05) is 11.5 Å². The standard InChI is InChI=1S/C19H19N3O4S/c1-25-16-9-13-15(10-17(16)26-2)20-11-21-19(13)22-14-7-8-27(23,24)18-6-4-3-5-12(14)18/h3-6,9-11,14H,7-8H2,1-2H3,(H,20,21,22). The molecule has 1 N–H and O–H groups in total. The summed E-state index contributed by atoms with van der Waals surface area (Å²) in [6.07, 6.45) is 1.94. The third-order valence-electron chi connectivity index (χ3n) is 4.76.